The number of aliphatic hydroxyl groups excluding tert-OH is 1. The third-order valence-corrected chi connectivity index (χ3v) is 5.85. The molecule has 25 heavy (non-hydrogen) atoms. The standard InChI is InChI=1S/C19H21Br2N3O/c20-13-1-3-18-16(9-13)17-10-14(21)2-4-19(17)24(18)12-15(25)11-23-7-5-22-6-8-23/h1-4,9-10,15,22,25H,5-8,11-12H2/t15-/m0/s1. The Bertz CT molecular complexity index is 843. The van der Waals surface area contributed by atoms with Crippen molar-refractivity contribution in [3.05, 3.63) is 45.3 Å². The summed E-state index contributed by atoms with van der Waals surface area (Å²) in [7, 11) is 0. The van der Waals surface area contributed by atoms with Crippen LogP contribution in [0.2, 0.25) is 0 Å². The molecule has 1 aliphatic rings. The molecule has 1 atom stereocenters. The molecule has 2 N–H and O–H groups in total. The van der Waals surface area contributed by atoms with Crippen molar-refractivity contribution < 1.29 is 5.11 Å². The summed E-state index contributed by atoms with van der Waals surface area (Å²) < 4.78 is 4.39. The molecular weight excluding hydrogens is 446 g/mol. The van der Waals surface area contributed by atoms with Crippen LogP contribution in [0.25, 0.3) is 21.8 Å². The Labute approximate surface area is 164 Å². The summed E-state index contributed by atoms with van der Waals surface area (Å²) in [6.07, 6.45) is -0.385. The molecule has 1 aliphatic heterocycles. The molecule has 6 heteroatoms. The average molecular weight is 467 g/mol. The average Bonchev–Trinajstić information content (AvgIpc) is 2.88. The van der Waals surface area contributed by atoms with E-state index in [0.717, 1.165) is 52.7 Å². The van der Waals surface area contributed by atoms with E-state index in [-0.39, 0.29) is 6.10 Å². The van der Waals surface area contributed by atoms with Gasteiger partial charge in [0.15, 0.2) is 0 Å². The molecule has 0 spiro atoms. The van der Waals surface area contributed by atoms with Crippen molar-refractivity contribution in [2.24, 2.45) is 0 Å². The van der Waals surface area contributed by atoms with Crippen LogP contribution in [0.4, 0.5) is 0 Å². The number of halogens is 2. The summed E-state index contributed by atoms with van der Waals surface area (Å²) in [6.45, 7) is 5.34. The van der Waals surface area contributed by atoms with Gasteiger partial charge in [-0.15, -0.1) is 0 Å². The van der Waals surface area contributed by atoms with Gasteiger partial charge in [-0.1, -0.05) is 31.9 Å². The van der Waals surface area contributed by atoms with Gasteiger partial charge in [0.2, 0.25) is 0 Å². The minimum atomic E-state index is -0.385. The lowest BCUT2D eigenvalue weighted by Gasteiger charge is -2.29. The number of piperazine rings is 1. The highest BCUT2D eigenvalue weighted by Crippen LogP contribution is 2.33. The minimum absolute atomic E-state index is 0.385. The summed E-state index contributed by atoms with van der Waals surface area (Å²) in [5.74, 6) is 0. The lowest BCUT2D eigenvalue weighted by atomic mass is 10.2. The molecule has 0 bridgehead atoms. The second-order valence-electron chi connectivity index (χ2n) is 6.64. The molecular formula is C19H21Br2N3O. The molecule has 0 aliphatic carbocycles. The van der Waals surface area contributed by atoms with Gasteiger partial charge in [0.05, 0.1) is 12.6 Å². The van der Waals surface area contributed by atoms with Gasteiger partial charge in [0.25, 0.3) is 0 Å². The second-order valence-corrected chi connectivity index (χ2v) is 8.47. The summed E-state index contributed by atoms with van der Waals surface area (Å²) in [5.41, 5.74) is 2.33. The van der Waals surface area contributed by atoms with Crippen LogP contribution in [-0.4, -0.2) is 53.4 Å². The van der Waals surface area contributed by atoms with Gasteiger partial charge in [-0.25, -0.2) is 0 Å². The fourth-order valence-corrected chi connectivity index (χ4v) is 4.43. The van der Waals surface area contributed by atoms with Crippen LogP contribution in [0.1, 0.15) is 0 Å². The number of rotatable bonds is 4. The van der Waals surface area contributed by atoms with Crippen LogP contribution >= 0.6 is 31.9 Å². The van der Waals surface area contributed by atoms with Gasteiger partial charge in [0, 0.05) is 63.5 Å². The third kappa shape index (κ3) is 3.64. The zero-order chi connectivity index (χ0) is 17.4. The Morgan fingerprint density at radius 1 is 0.920 bits per heavy atom. The molecule has 4 nitrogen and oxygen atoms in total. The predicted molar refractivity (Wildman–Crippen MR) is 110 cm³/mol. The molecule has 1 saturated heterocycles. The highest BCUT2D eigenvalue weighted by Gasteiger charge is 2.18. The van der Waals surface area contributed by atoms with Crippen LogP contribution in [0.5, 0.6) is 0 Å². The van der Waals surface area contributed by atoms with Gasteiger partial charge in [0.1, 0.15) is 0 Å². The number of nitrogens with zero attached hydrogens (tertiary/aromatic N) is 2. The highest BCUT2D eigenvalue weighted by atomic mass is 79.9. The lowest BCUT2D eigenvalue weighted by Crippen LogP contribution is -2.46. The smallest absolute Gasteiger partial charge is 0.0845 e. The van der Waals surface area contributed by atoms with Crippen molar-refractivity contribution in [2.45, 2.75) is 12.6 Å². The number of nitrogens with one attached hydrogen (secondary N) is 1. The van der Waals surface area contributed by atoms with Crippen molar-refractivity contribution in [1.82, 2.24) is 14.8 Å². The fraction of sp³-hybridized carbons (Fsp3) is 0.368. The molecule has 2 heterocycles. The quantitative estimate of drug-likeness (QED) is 0.617. The summed E-state index contributed by atoms with van der Waals surface area (Å²) in [4.78, 5) is 2.34. The number of aromatic nitrogens is 1. The Hall–Kier alpha value is -0.920. The Morgan fingerprint density at radius 2 is 1.48 bits per heavy atom. The molecule has 3 aromatic rings. The number of benzene rings is 2. The summed E-state index contributed by atoms with van der Waals surface area (Å²) >= 11 is 7.16. The second kappa shape index (κ2) is 7.37. The van der Waals surface area contributed by atoms with Crippen LogP contribution in [0.3, 0.4) is 0 Å². The van der Waals surface area contributed by atoms with E-state index in [4.69, 9.17) is 0 Å². The van der Waals surface area contributed by atoms with Crippen LogP contribution < -0.4 is 5.32 Å². The highest BCUT2D eigenvalue weighted by molar-refractivity contribution is 9.10. The molecule has 0 unspecified atom stereocenters. The lowest BCUT2D eigenvalue weighted by molar-refractivity contribution is 0.0936. The molecule has 2 aromatic carbocycles. The molecule has 1 fully saturated rings. The van der Waals surface area contributed by atoms with Gasteiger partial charge >= 0.3 is 0 Å². The monoisotopic (exact) mass is 465 g/mol. The number of hydrogen-bond donors (Lipinski definition) is 2. The normalized spacial score (nSPS) is 17.4. The van der Waals surface area contributed by atoms with Crippen molar-refractivity contribution in [3.63, 3.8) is 0 Å². The number of aliphatic hydroxyl groups is 1. The van der Waals surface area contributed by atoms with E-state index in [9.17, 15) is 5.11 Å². The number of hydrogen-bond acceptors (Lipinski definition) is 3. The molecule has 1 aromatic heterocycles. The largest absolute Gasteiger partial charge is 0.390 e. The maximum Gasteiger partial charge on any atom is 0.0845 e. The maximum atomic E-state index is 10.7. The van der Waals surface area contributed by atoms with Crippen molar-refractivity contribution in [2.75, 3.05) is 32.7 Å². The summed E-state index contributed by atoms with van der Waals surface area (Å²) in [6, 6.07) is 12.7. The van der Waals surface area contributed by atoms with Crippen LogP contribution in [0.15, 0.2) is 45.3 Å². The van der Waals surface area contributed by atoms with Crippen molar-refractivity contribution >= 4 is 53.7 Å². The third-order valence-electron chi connectivity index (χ3n) is 4.86. The molecule has 0 saturated carbocycles. The van der Waals surface area contributed by atoms with Crippen LogP contribution in [-0.2, 0) is 6.54 Å². The first-order chi connectivity index (χ1) is 12.1. The molecule has 0 amide bonds. The van der Waals surface area contributed by atoms with Gasteiger partial charge in [-0.3, -0.25) is 4.90 Å². The Balaban J connectivity index is 1.69. The van der Waals surface area contributed by atoms with Gasteiger partial charge in [-0.2, -0.15) is 0 Å². The molecule has 4 rings (SSSR count). The SMILES string of the molecule is O[C@@H](CN1CCNCC1)Cn1c2ccc(Br)cc2c2cc(Br)ccc21. The number of β-amino-alcohol motifs (C(OH)–C–C–N with tert-alkyl or cyclic N) is 1. The predicted octanol–water partition coefficient (Wildman–Crippen LogP) is 3.59. The van der Waals surface area contributed by atoms with Crippen molar-refractivity contribution in [3.8, 4) is 0 Å². The molecule has 132 valence electrons. The first-order valence-corrected chi connectivity index (χ1v) is 10.2. The van der Waals surface area contributed by atoms with Crippen molar-refractivity contribution in [1.29, 1.82) is 0 Å². The number of fused-ring (bicyclic) bond motifs is 3. The van der Waals surface area contributed by atoms with E-state index in [1.807, 2.05) is 0 Å². The van der Waals surface area contributed by atoms with E-state index in [1.165, 1.54) is 10.8 Å². The van der Waals surface area contributed by atoms with Gasteiger partial charge < -0.3 is 15.0 Å². The van der Waals surface area contributed by atoms with E-state index < -0.39 is 0 Å². The van der Waals surface area contributed by atoms with E-state index in [0.29, 0.717) is 6.54 Å². The molecule has 0 radical (unpaired) electrons. The van der Waals surface area contributed by atoms with E-state index in [2.05, 4.69) is 83.0 Å². The zero-order valence-electron chi connectivity index (χ0n) is 13.9. The van der Waals surface area contributed by atoms with Gasteiger partial charge in [-0.05, 0) is 36.4 Å². The zero-order valence-corrected chi connectivity index (χ0v) is 17.1. The first-order valence-electron chi connectivity index (χ1n) is 8.60. The minimum Gasteiger partial charge on any atom is -0.390 e. The fourth-order valence-electron chi connectivity index (χ4n) is 3.71. The van der Waals surface area contributed by atoms with Crippen LogP contribution in [0, 0.1) is 0 Å². The topological polar surface area (TPSA) is 40.4 Å². The Kier molecular flexibility index (Phi) is 5.15. The Morgan fingerprint density at radius 3 is 2.04 bits per heavy atom. The first kappa shape index (κ1) is 17.5. The van der Waals surface area contributed by atoms with E-state index >= 15 is 0 Å². The van der Waals surface area contributed by atoms with E-state index in [1.54, 1.807) is 0 Å². The summed E-state index contributed by atoms with van der Waals surface area (Å²) in [5, 5.41) is 16.5. The maximum absolute atomic E-state index is 10.7.